The lowest BCUT2D eigenvalue weighted by molar-refractivity contribution is -0.117. The molecule has 0 radical (unpaired) electrons. The predicted octanol–water partition coefficient (Wildman–Crippen LogP) is 2.14. The molecule has 1 aromatic carbocycles. The smallest absolute Gasteiger partial charge is 0.262 e. The van der Waals surface area contributed by atoms with E-state index in [9.17, 15) is 4.79 Å². The molecule has 0 aliphatic rings. The standard InChI is InChI=1S/C16H20N2O3/c1-3-9-21-15-7-5-4-6-13(15)11-14(12-17)16(19)18-8-10-20-2/h4-7,11H,3,8-10H2,1-2H3,(H,18,19)/b14-11+. The minimum Gasteiger partial charge on any atom is -0.493 e. The number of para-hydroxylation sites is 1. The van der Waals surface area contributed by atoms with Crippen molar-refractivity contribution in [3.63, 3.8) is 0 Å². The van der Waals surface area contributed by atoms with Crippen LogP contribution in [0.5, 0.6) is 5.75 Å². The molecule has 1 aromatic rings. The third-order valence-corrected chi connectivity index (χ3v) is 2.64. The molecule has 21 heavy (non-hydrogen) atoms. The quantitative estimate of drug-likeness (QED) is 0.452. The second-order valence-electron chi connectivity index (χ2n) is 4.30. The van der Waals surface area contributed by atoms with Crippen molar-refractivity contribution >= 4 is 12.0 Å². The van der Waals surface area contributed by atoms with Crippen molar-refractivity contribution in [1.82, 2.24) is 5.32 Å². The second kappa shape index (κ2) is 9.56. The van der Waals surface area contributed by atoms with Crippen molar-refractivity contribution in [3.05, 3.63) is 35.4 Å². The van der Waals surface area contributed by atoms with Crippen LogP contribution in [0.3, 0.4) is 0 Å². The number of nitrogens with zero attached hydrogens (tertiary/aromatic N) is 1. The summed E-state index contributed by atoms with van der Waals surface area (Å²) in [6.45, 7) is 3.37. The Bertz CT molecular complexity index is 533. The van der Waals surface area contributed by atoms with E-state index in [4.69, 9.17) is 14.7 Å². The molecule has 0 saturated heterocycles. The van der Waals surface area contributed by atoms with Gasteiger partial charge in [0.2, 0.25) is 0 Å². The first-order valence-corrected chi connectivity index (χ1v) is 6.83. The molecule has 0 atom stereocenters. The molecular formula is C16H20N2O3. The summed E-state index contributed by atoms with van der Waals surface area (Å²) >= 11 is 0. The molecule has 0 heterocycles. The average Bonchev–Trinajstić information content (AvgIpc) is 2.51. The number of methoxy groups -OCH3 is 1. The van der Waals surface area contributed by atoms with Gasteiger partial charge in [0.05, 0.1) is 13.2 Å². The van der Waals surface area contributed by atoms with Crippen LogP contribution in [-0.4, -0.2) is 32.8 Å². The molecule has 0 aliphatic carbocycles. The molecule has 1 N–H and O–H groups in total. The Morgan fingerprint density at radius 3 is 2.81 bits per heavy atom. The largest absolute Gasteiger partial charge is 0.493 e. The van der Waals surface area contributed by atoms with Crippen LogP contribution in [0.2, 0.25) is 0 Å². The number of nitriles is 1. The maximum absolute atomic E-state index is 11.9. The van der Waals surface area contributed by atoms with Gasteiger partial charge in [-0.2, -0.15) is 5.26 Å². The van der Waals surface area contributed by atoms with E-state index in [0.29, 0.717) is 31.1 Å². The summed E-state index contributed by atoms with van der Waals surface area (Å²) in [5.74, 6) is 0.247. The molecule has 0 spiro atoms. The number of carbonyl (C=O) groups is 1. The van der Waals surface area contributed by atoms with Crippen molar-refractivity contribution < 1.29 is 14.3 Å². The first-order valence-electron chi connectivity index (χ1n) is 6.83. The van der Waals surface area contributed by atoms with Gasteiger partial charge < -0.3 is 14.8 Å². The molecule has 0 aliphatic heterocycles. The maximum atomic E-state index is 11.9. The Balaban J connectivity index is 2.87. The maximum Gasteiger partial charge on any atom is 0.262 e. The highest BCUT2D eigenvalue weighted by Crippen LogP contribution is 2.21. The molecular weight excluding hydrogens is 268 g/mol. The van der Waals surface area contributed by atoms with Crippen LogP contribution in [0.1, 0.15) is 18.9 Å². The Morgan fingerprint density at radius 1 is 1.38 bits per heavy atom. The lowest BCUT2D eigenvalue weighted by atomic mass is 10.1. The number of hydrogen-bond donors (Lipinski definition) is 1. The fourth-order valence-corrected chi connectivity index (χ4v) is 1.61. The first kappa shape index (κ1) is 16.7. The minimum atomic E-state index is -0.417. The number of nitrogens with one attached hydrogen (secondary N) is 1. The van der Waals surface area contributed by atoms with Crippen LogP contribution in [0, 0.1) is 11.3 Å². The lowest BCUT2D eigenvalue weighted by Crippen LogP contribution is -2.27. The van der Waals surface area contributed by atoms with Crippen molar-refractivity contribution in [1.29, 1.82) is 5.26 Å². The van der Waals surface area contributed by atoms with E-state index in [1.54, 1.807) is 7.11 Å². The van der Waals surface area contributed by atoms with Gasteiger partial charge in [-0.25, -0.2) is 0 Å². The zero-order valence-corrected chi connectivity index (χ0v) is 12.4. The van der Waals surface area contributed by atoms with E-state index < -0.39 is 5.91 Å². The summed E-state index contributed by atoms with van der Waals surface area (Å²) in [4.78, 5) is 11.9. The van der Waals surface area contributed by atoms with E-state index in [2.05, 4.69) is 5.32 Å². The van der Waals surface area contributed by atoms with Crippen LogP contribution in [0.4, 0.5) is 0 Å². The highest BCUT2D eigenvalue weighted by atomic mass is 16.5. The molecule has 5 nitrogen and oxygen atoms in total. The number of carbonyl (C=O) groups excluding carboxylic acids is 1. The van der Waals surface area contributed by atoms with Gasteiger partial charge in [0.1, 0.15) is 17.4 Å². The van der Waals surface area contributed by atoms with Gasteiger partial charge in [0.15, 0.2) is 0 Å². The third kappa shape index (κ3) is 5.67. The molecule has 0 unspecified atom stereocenters. The van der Waals surface area contributed by atoms with E-state index in [-0.39, 0.29) is 5.57 Å². The molecule has 5 heteroatoms. The van der Waals surface area contributed by atoms with Gasteiger partial charge in [-0.15, -0.1) is 0 Å². The lowest BCUT2D eigenvalue weighted by Gasteiger charge is -2.08. The number of amides is 1. The van der Waals surface area contributed by atoms with Gasteiger partial charge in [-0.3, -0.25) is 4.79 Å². The van der Waals surface area contributed by atoms with Crippen molar-refractivity contribution in [2.45, 2.75) is 13.3 Å². The minimum absolute atomic E-state index is 0.0404. The predicted molar refractivity (Wildman–Crippen MR) is 80.7 cm³/mol. The zero-order valence-electron chi connectivity index (χ0n) is 12.4. The average molecular weight is 288 g/mol. The highest BCUT2D eigenvalue weighted by molar-refractivity contribution is 6.01. The van der Waals surface area contributed by atoms with Gasteiger partial charge in [0, 0.05) is 19.2 Å². The summed E-state index contributed by atoms with van der Waals surface area (Å²) in [6, 6.07) is 9.23. The van der Waals surface area contributed by atoms with Gasteiger partial charge in [-0.1, -0.05) is 25.1 Å². The number of ether oxygens (including phenoxy) is 2. The molecule has 0 saturated carbocycles. The Kier molecular flexibility index (Phi) is 7.62. The van der Waals surface area contributed by atoms with E-state index in [0.717, 1.165) is 6.42 Å². The van der Waals surface area contributed by atoms with Crippen LogP contribution in [0.25, 0.3) is 6.08 Å². The molecule has 0 fully saturated rings. The normalized spacial score (nSPS) is 10.8. The van der Waals surface area contributed by atoms with Crippen molar-refractivity contribution in [2.75, 3.05) is 26.9 Å². The van der Waals surface area contributed by atoms with Crippen LogP contribution in [0.15, 0.2) is 29.8 Å². The topological polar surface area (TPSA) is 71.3 Å². The molecule has 112 valence electrons. The second-order valence-corrected chi connectivity index (χ2v) is 4.30. The molecule has 1 rings (SSSR count). The Morgan fingerprint density at radius 2 is 2.14 bits per heavy atom. The highest BCUT2D eigenvalue weighted by Gasteiger charge is 2.10. The Hall–Kier alpha value is -2.32. The fraction of sp³-hybridized carbons (Fsp3) is 0.375. The summed E-state index contributed by atoms with van der Waals surface area (Å²) in [5, 5.41) is 11.8. The SMILES string of the molecule is CCCOc1ccccc1/C=C(\C#N)C(=O)NCCOC. The van der Waals surface area contributed by atoms with Crippen molar-refractivity contribution in [2.24, 2.45) is 0 Å². The summed E-state index contributed by atoms with van der Waals surface area (Å²) in [6.07, 6.45) is 2.42. The summed E-state index contributed by atoms with van der Waals surface area (Å²) in [5.41, 5.74) is 0.753. The number of rotatable bonds is 8. The fourth-order valence-electron chi connectivity index (χ4n) is 1.61. The van der Waals surface area contributed by atoms with Gasteiger partial charge >= 0.3 is 0 Å². The zero-order chi connectivity index (χ0) is 15.5. The summed E-state index contributed by atoms with van der Waals surface area (Å²) in [7, 11) is 1.55. The monoisotopic (exact) mass is 288 g/mol. The summed E-state index contributed by atoms with van der Waals surface area (Å²) < 4.78 is 10.5. The van der Waals surface area contributed by atoms with E-state index in [1.165, 1.54) is 6.08 Å². The molecule has 0 bridgehead atoms. The number of hydrogen-bond acceptors (Lipinski definition) is 4. The molecule has 1 amide bonds. The van der Waals surface area contributed by atoms with Crippen LogP contribution < -0.4 is 10.1 Å². The van der Waals surface area contributed by atoms with Crippen molar-refractivity contribution in [3.8, 4) is 11.8 Å². The van der Waals surface area contributed by atoms with Crippen LogP contribution in [-0.2, 0) is 9.53 Å². The number of benzene rings is 1. The van der Waals surface area contributed by atoms with E-state index >= 15 is 0 Å². The van der Waals surface area contributed by atoms with Gasteiger partial charge in [0.25, 0.3) is 5.91 Å². The Labute approximate surface area is 125 Å². The van der Waals surface area contributed by atoms with E-state index in [1.807, 2.05) is 37.3 Å². The third-order valence-electron chi connectivity index (χ3n) is 2.64. The molecule has 0 aromatic heterocycles. The first-order chi connectivity index (χ1) is 10.2. The van der Waals surface area contributed by atoms with Gasteiger partial charge in [-0.05, 0) is 18.6 Å². The van der Waals surface area contributed by atoms with Crippen LogP contribution >= 0.6 is 0 Å².